The van der Waals surface area contributed by atoms with Crippen molar-refractivity contribution in [2.45, 2.75) is 31.7 Å². The number of fused-ring (bicyclic) bond motifs is 1. The zero-order valence-electron chi connectivity index (χ0n) is 7.12. The minimum atomic E-state index is 0.0249. The molecule has 2 fully saturated rings. The van der Waals surface area contributed by atoms with Crippen LogP contribution in [-0.2, 0) is 4.79 Å². The van der Waals surface area contributed by atoms with Crippen LogP contribution < -0.4 is 5.32 Å². The quantitative estimate of drug-likeness (QED) is 0.592. The fraction of sp³-hybridized carbons (Fsp3) is 0.889. The van der Waals surface area contributed by atoms with Crippen LogP contribution in [0.3, 0.4) is 0 Å². The number of rotatable bonds is 1. The van der Waals surface area contributed by atoms with Gasteiger partial charge < -0.3 is 10.4 Å². The Hall–Kier alpha value is -0.570. The van der Waals surface area contributed by atoms with E-state index in [1.54, 1.807) is 0 Å². The number of hydrogen-bond donors (Lipinski definition) is 2. The predicted molar refractivity (Wildman–Crippen MR) is 44.5 cm³/mol. The van der Waals surface area contributed by atoms with E-state index in [4.69, 9.17) is 5.11 Å². The first-order valence-corrected chi connectivity index (χ1v) is 4.72. The van der Waals surface area contributed by atoms with Crippen LogP contribution in [0.4, 0.5) is 0 Å². The second kappa shape index (κ2) is 3.05. The van der Waals surface area contributed by atoms with E-state index in [1.165, 1.54) is 12.8 Å². The van der Waals surface area contributed by atoms with Gasteiger partial charge in [0.05, 0.1) is 12.6 Å². The van der Waals surface area contributed by atoms with Gasteiger partial charge in [0.1, 0.15) is 0 Å². The number of aliphatic hydroxyl groups is 1. The van der Waals surface area contributed by atoms with Gasteiger partial charge in [0.25, 0.3) is 0 Å². The van der Waals surface area contributed by atoms with Gasteiger partial charge in [0, 0.05) is 5.92 Å². The Labute approximate surface area is 72.2 Å². The van der Waals surface area contributed by atoms with Crippen LogP contribution in [-0.4, -0.2) is 23.7 Å². The predicted octanol–water partition coefficient (Wildman–Crippen LogP) is 0.283. The lowest BCUT2D eigenvalue weighted by Gasteiger charge is -2.30. The lowest BCUT2D eigenvalue weighted by molar-refractivity contribution is -0.129. The highest BCUT2D eigenvalue weighted by atomic mass is 16.3. The van der Waals surface area contributed by atoms with Crippen molar-refractivity contribution in [3.63, 3.8) is 0 Å². The fourth-order valence-electron chi connectivity index (χ4n) is 2.52. The molecule has 0 spiro atoms. The number of carbonyl (C=O) groups excluding carboxylic acids is 1. The molecule has 3 nitrogen and oxygen atoms in total. The van der Waals surface area contributed by atoms with Gasteiger partial charge in [0.2, 0.25) is 5.91 Å². The van der Waals surface area contributed by atoms with Crippen molar-refractivity contribution in [1.29, 1.82) is 0 Å². The number of piperidine rings is 1. The monoisotopic (exact) mass is 169 g/mol. The van der Waals surface area contributed by atoms with Crippen LogP contribution in [0, 0.1) is 11.8 Å². The molecule has 2 aliphatic rings. The van der Waals surface area contributed by atoms with Crippen LogP contribution in [0.2, 0.25) is 0 Å². The Bertz CT molecular complexity index is 193. The molecule has 2 N–H and O–H groups in total. The molecule has 0 aromatic rings. The number of nitrogens with one attached hydrogen (secondary N) is 1. The highest BCUT2D eigenvalue weighted by Gasteiger charge is 2.38. The fourth-order valence-corrected chi connectivity index (χ4v) is 2.52. The van der Waals surface area contributed by atoms with Gasteiger partial charge in [-0.05, 0) is 25.2 Å². The van der Waals surface area contributed by atoms with Crippen LogP contribution in [0.15, 0.2) is 0 Å². The molecule has 0 unspecified atom stereocenters. The van der Waals surface area contributed by atoms with Crippen molar-refractivity contribution in [3.8, 4) is 0 Å². The van der Waals surface area contributed by atoms with Crippen molar-refractivity contribution < 1.29 is 9.90 Å². The van der Waals surface area contributed by atoms with E-state index >= 15 is 0 Å². The second-order valence-electron chi connectivity index (χ2n) is 3.92. The maximum Gasteiger partial charge on any atom is 0.223 e. The Morgan fingerprint density at radius 3 is 3.08 bits per heavy atom. The molecule has 0 bridgehead atoms. The second-order valence-corrected chi connectivity index (χ2v) is 3.92. The number of aliphatic hydroxyl groups excluding tert-OH is 1. The van der Waals surface area contributed by atoms with Crippen molar-refractivity contribution >= 4 is 5.91 Å². The first-order valence-electron chi connectivity index (χ1n) is 4.72. The normalized spacial score (nSPS) is 40.8. The lowest BCUT2D eigenvalue weighted by Crippen LogP contribution is -2.48. The first-order chi connectivity index (χ1) is 5.81. The summed E-state index contributed by atoms with van der Waals surface area (Å²) in [7, 11) is 0. The number of carbonyl (C=O) groups is 1. The summed E-state index contributed by atoms with van der Waals surface area (Å²) in [5, 5.41) is 11.8. The van der Waals surface area contributed by atoms with Crippen molar-refractivity contribution in [2.75, 3.05) is 6.61 Å². The standard InChI is InChI=1S/C9H15NO2/c11-5-7-4-6-2-1-3-8(6)9(12)10-7/h6-8,11H,1-5H2,(H,10,12)/t6-,7-,8-/m0/s1. The summed E-state index contributed by atoms with van der Waals surface area (Å²) in [4.78, 5) is 11.4. The van der Waals surface area contributed by atoms with Gasteiger partial charge in [0.15, 0.2) is 0 Å². The SMILES string of the molecule is O=C1N[C@H](CO)C[C@@H]2CCC[C@H]12. The third-order valence-electron chi connectivity index (χ3n) is 3.15. The lowest BCUT2D eigenvalue weighted by atomic mass is 9.85. The Kier molecular flexibility index (Phi) is 2.05. The maximum absolute atomic E-state index is 11.4. The minimum absolute atomic E-state index is 0.0249. The van der Waals surface area contributed by atoms with E-state index in [0.717, 1.165) is 12.8 Å². The number of hydrogen-bond acceptors (Lipinski definition) is 2. The summed E-state index contributed by atoms with van der Waals surface area (Å²) >= 11 is 0. The van der Waals surface area contributed by atoms with E-state index in [0.29, 0.717) is 5.92 Å². The van der Waals surface area contributed by atoms with Crippen molar-refractivity contribution in [1.82, 2.24) is 5.32 Å². The summed E-state index contributed by atoms with van der Waals surface area (Å²) in [6, 6.07) is 0.0249. The average molecular weight is 169 g/mol. The van der Waals surface area contributed by atoms with Gasteiger partial charge in [-0.3, -0.25) is 4.79 Å². The molecular formula is C9H15NO2. The minimum Gasteiger partial charge on any atom is -0.394 e. The molecule has 1 aliphatic carbocycles. The largest absolute Gasteiger partial charge is 0.394 e. The molecule has 0 aromatic carbocycles. The molecule has 0 radical (unpaired) electrons. The molecule has 0 aromatic heterocycles. The Morgan fingerprint density at radius 1 is 1.50 bits per heavy atom. The van der Waals surface area contributed by atoms with Crippen molar-refractivity contribution in [3.05, 3.63) is 0 Å². The summed E-state index contributed by atoms with van der Waals surface area (Å²) in [5.74, 6) is 0.978. The summed E-state index contributed by atoms with van der Waals surface area (Å²) in [6.07, 6.45) is 4.39. The molecule has 3 heteroatoms. The molecule has 1 saturated heterocycles. The third kappa shape index (κ3) is 1.22. The average Bonchev–Trinajstić information content (AvgIpc) is 2.52. The van der Waals surface area contributed by atoms with Crippen LogP contribution in [0.25, 0.3) is 0 Å². The van der Waals surface area contributed by atoms with E-state index in [9.17, 15) is 4.79 Å². The highest BCUT2D eigenvalue weighted by Crippen LogP contribution is 2.37. The molecular weight excluding hydrogens is 154 g/mol. The number of amides is 1. The Morgan fingerprint density at radius 2 is 2.33 bits per heavy atom. The molecule has 2 rings (SSSR count). The molecule has 1 aliphatic heterocycles. The van der Waals surface area contributed by atoms with Crippen LogP contribution >= 0.6 is 0 Å². The van der Waals surface area contributed by atoms with E-state index in [2.05, 4.69) is 5.32 Å². The van der Waals surface area contributed by atoms with E-state index in [-0.39, 0.29) is 24.5 Å². The zero-order valence-corrected chi connectivity index (χ0v) is 7.12. The van der Waals surface area contributed by atoms with Crippen molar-refractivity contribution in [2.24, 2.45) is 11.8 Å². The highest BCUT2D eigenvalue weighted by molar-refractivity contribution is 5.80. The third-order valence-corrected chi connectivity index (χ3v) is 3.15. The van der Waals surface area contributed by atoms with Crippen LogP contribution in [0.5, 0.6) is 0 Å². The molecule has 3 atom stereocenters. The van der Waals surface area contributed by atoms with Gasteiger partial charge in [-0.25, -0.2) is 0 Å². The molecule has 1 amide bonds. The van der Waals surface area contributed by atoms with E-state index in [1.807, 2.05) is 0 Å². The van der Waals surface area contributed by atoms with Gasteiger partial charge >= 0.3 is 0 Å². The van der Waals surface area contributed by atoms with Crippen LogP contribution in [0.1, 0.15) is 25.7 Å². The Balaban J connectivity index is 2.05. The van der Waals surface area contributed by atoms with Gasteiger partial charge in [-0.1, -0.05) is 6.42 Å². The molecule has 12 heavy (non-hydrogen) atoms. The van der Waals surface area contributed by atoms with Gasteiger partial charge in [-0.15, -0.1) is 0 Å². The topological polar surface area (TPSA) is 49.3 Å². The summed E-state index contributed by atoms with van der Waals surface area (Å²) < 4.78 is 0. The molecule has 68 valence electrons. The maximum atomic E-state index is 11.4. The van der Waals surface area contributed by atoms with Gasteiger partial charge in [-0.2, -0.15) is 0 Å². The smallest absolute Gasteiger partial charge is 0.223 e. The van der Waals surface area contributed by atoms with E-state index < -0.39 is 0 Å². The molecule has 1 saturated carbocycles. The molecule has 1 heterocycles. The summed E-state index contributed by atoms with van der Waals surface area (Å²) in [6.45, 7) is 0.0922. The zero-order chi connectivity index (χ0) is 8.55. The first kappa shape index (κ1) is 8.05. The summed E-state index contributed by atoms with van der Waals surface area (Å²) in [5.41, 5.74) is 0.